The van der Waals surface area contributed by atoms with E-state index in [1.807, 2.05) is 93.6 Å². The maximum atomic E-state index is 14.0. The Kier molecular flexibility index (Phi) is 7.59. The van der Waals surface area contributed by atoms with E-state index in [0.29, 0.717) is 40.3 Å². The molecule has 0 bridgehead atoms. The molecule has 0 spiro atoms. The summed E-state index contributed by atoms with van der Waals surface area (Å²) in [6.07, 6.45) is 2.10. The maximum Gasteiger partial charge on any atom is 0.266 e. The minimum absolute atomic E-state index is 0.164. The monoisotopic (exact) mass is 521 g/mol. The van der Waals surface area contributed by atoms with Crippen LogP contribution in [0.25, 0.3) is 16.6 Å². The van der Waals surface area contributed by atoms with E-state index in [1.165, 1.54) is 0 Å². The number of hydrogen-bond donors (Lipinski definition) is 0. The number of furan rings is 1. The predicted molar refractivity (Wildman–Crippen MR) is 151 cm³/mol. The van der Waals surface area contributed by atoms with Crippen LogP contribution in [0, 0.1) is 13.8 Å². The summed E-state index contributed by atoms with van der Waals surface area (Å²) in [7, 11) is 0. The van der Waals surface area contributed by atoms with Crippen LogP contribution in [0.2, 0.25) is 0 Å². The number of nitrogens with zero attached hydrogens (tertiary/aromatic N) is 3. The Bertz CT molecular complexity index is 1640. The van der Waals surface area contributed by atoms with Crippen molar-refractivity contribution in [2.45, 2.75) is 39.8 Å². The second-order valence-electron chi connectivity index (χ2n) is 9.52. The number of para-hydroxylation sites is 2. The van der Waals surface area contributed by atoms with Gasteiger partial charge >= 0.3 is 0 Å². The van der Waals surface area contributed by atoms with Crippen LogP contribution in [0.15, 0.2) is 100 Å². The van der Waals surface area contributed by atoms with Crippen molar-refractivity contribution in [3.8, 4) is 11.4 Å². The molecule has 1 atom stereocenters. The van der Waals surface area contributed by atoms with Crippen molar-refractivity contribution in [1.29, 1.82) is 0 Å². The number of carbonyl (C=O) groups excluding carboxylic acids is 1. The lowest BCUT2D eigenvalue weighted by Gasteiger charge is -2.32. The molecule has 0 radical (unpaired) electrons. The largest absolute Gasteiger partial charge is 0.484 e. The molecule has 5 rings (SSSR count). The molecule has 198 valence electrons. The Morgan fingerprint density at radius 3 is 2.46 bits per heavy atom. The number of amides is 1. The fourth-order valence-corrected chi connectivity index (χ4v) is 4.72. The summed E-state index contributed by atoms with van der Waals surface area (Å²) < 4.78 is 13.1. The standard InChI is InChI=1S/C32H31N3O4/c1-4-29(34(20-26-13-10-18-38-26)30(36)21-39-25-11-6-5-7-12-25)31-33-28-15-9-8-14-27(28)32(37)35(31)24-17-16-22(2)23(3)19-24/h5-19,29H,4,20-21H2,1-3H3. The lowest BCUT2D eigenvalue weighted by molar-refractivity contribution is -0.137. The molecule has 0 saturated carbocycles. The number of fused-ring (bicyclic) bond motifs is 1. The Labute approximate surface area is 227 Å². The molecule has 0 fully saturated rings. The Morgan fingerprint density at radius 2 is 1.74 bits per heavy atom. The van der Waals surface area contributed by atoms with E-state index in [2.05, 4.69) is 0 Å². The topological polar surface area (TPSA) is 77.6 Å². The van der Waals surface area contributed by atoms with E-state index in [1.54, 1.807) is 27.9 Å². The first-order valence-corrected chi connectivity index (χ1v) is 13.0. The van der Waals surface area contributed by atoms with E-state index in [4.69, 9.17) is 14.1 Å². The molecule has 1 unspecified atom stereocenters. The van der Waals surface area contributed by atoms with E-state index >= 15 is 0 Å². The Morgan fingerprint density at radius 1 is 0.974 bits per heavy atom. The number of aromatic nitrogens is 2. The molecule has 7 heteroatoms. The molecule has 0 aliphatic heterocycles. The van der Waals surface area contributed by atoms with E-state index in [0.717, 1.165) is 11.1 Å². The average molecular weight is 522 g/mol. The highest BCUT2D eigenvalue weighted by molar-refractivity contribution is 5.79. The average Bonchev–Trinajstić information content (AvgIpc) is 3.47. The highest BCUT2D eigenvalue weighted by atomic mass is 16.5. The second kappa shape index (κ2) is 11.4. The van der Waals surface area contributed by atoms with Crippen molar-refractivity contribution in [2.24, 2.45) is 0 Å². The lowest BCUT2D eigenvalue weighted by Crippen LogP contribution is -2.40. The SMILES string of the molecule is CCC(c1nc2ccccc2c(=O)n1-c1ccc(C)c(C)c1)N(Cc1ccco1)C(=O)COc1ccccc1. The van der Waals surface area contributed by atoms with Crippen LogP contribution in [-0.2, 0) is 11.3 Å². The summed E-state index contributed by atoms with van der Waals surface area (Å²) in [4.78, 5) is 34.4. The molecule has 7 nitrogen and oxygen atoms in total. The van der Waals surface area contributed by atoms with Gasteiger partial charge in [0, 0.05) is 0 Å². The van der Waals surface area contributed by atoms with Crippen LogP contribution < -0.4 is 10.3 Å². The minimum atomic E-state index is -0.527. The molecule has 0 N–H and O–H groups in total. The molecular weight excluding hydrogens is 490 g/mol. The van der Waals surface area contributed by atoms with Crippen molar-refractivity contribution in [3.63, 3.8) is 0 Å². The zero-order valence-electron chi connectivity index (χ0n) is 22.3. The fraction of sp³-hybridized carbons (Fsp3) is 0.219. The van der Waals surface area contributed by atoms with Gasteiger partial charge in [0.2, 0.25) is 0 Å². The molecule has 1 amide bonds. The first kappa shape index (κ1) is 26.0. The second-order valence-corrected chi connectivity index (χ2v) is 9.52. The quantitative estimate of drug-likeness (QED) is 0.232. The number of rotatable bonds is 9. The normalized spacial score (nSPS) is 11.9. The van der Waals surface area contributed by atoms with Crippen LogP contribution >= 0.6 is 0 Å². The van der Waals surface area contributed by atoms with Crippen LogP contribution in [0.1, 0.15) is 42.1 Å². The lowest BCUT2D eigenvalue weighted by atomic mass is 10.1. The van der Waals surface area contributed by atoms with Crippen LogP contribution in [0.3, 0.4) is 0 Å². The van der Waals surface area contributed by atoms with Gasteiger partial charge in [0.05, 0.1) is 35.4 Å². The summed E-state index contributed by atoms with van der Waals surface area (Å²) in [6.45, 7) is 6.08. The molecule has 0 saturated heterocycles. The van der Waals surface area contributed by atoms with Crippen molar-refractivity contribution in [2.75, 3.05) is 6.61 Å². The van der Waals surface area contributed by atoms with Gasteiger partial charge in [0.1, 0.15) is 17.3 Å². The molecule has 2 aromatic heterocycles. The number of hydrogen-bond acceptors (Lipinski definition) is 5. The fourth-order valence-electron chi connectivity index (χ4n) is 4.72. The van der Waals surface area contributed by atoms with Gasteiger partial charge in [-0.1, -0.05) is 43.3 Å². The van der Waals surface area contributed by atoms with Gasteiger partial charge in [0.15, 0.2) is 6.61 Å². The summed E-state index contributed by atoms with van der Waals surface area (Å²) in [5.74, 6) is 1.48. The summed E-state index contributed by atoms with van der Waals surface area (Å²) >= 11 is 0. The minimum Gasteiger partial charge on any atom is -0.484 e. The number of benzene rings is 3. The van der Waals surface area contributed by atoms with Crippen molar-refractivity contribution in [3.05, 3.63) is 124 Å². The summed E-state index contributed by atoms with van der Waals surface area (Å²) in [5.41, 5.74) is 3.30. The highest BCUT2D eigenvalue weighted by Crippen LogP contribution is 2.28. The first-order valence-electron chi connectivity index (χ1n) is 13.0. The van der Waals surface area contributed by atoms with Crippen molar-refractivity contribution < 1.29 is 13.9 Å². The van der Waals surface area contributed by atoms with E-state index in [9.17, 15) is 9.59 Å². The Balaban J connectivity index is 1.64. The van der Waals surface area contributed by atoms with Crippen LogP contribution in [0.5, 0.6) is 5.75 Å². The van der Waals surface area contributed by atoms with Gasteiger partial charge in [0.25, 0.3) is 11.5 Å². The summed E-state index contributed by atoms with van der Waals surface area (Å²) in [5, 5.41) is 0.519. The number of aryl methyl sites for hydroxylation is 2. The number of ether oxygens (including phenoxy) is 1. The van der Waals surface area contributed by atoms with E-state index in [-0.39, 0.29) is 24.6 Å². The number of carbonyl (C=O) groups is 1. The smallest absolute Gasteiger partial charge is 0.266 e. The molecule has 2 heterocycles. The van der Waals surface area contributed by atoms with Gasteiger partial charge in [-0.05, 0) is 79.9 Å². The molecule has 3 aromatic carbocycles. The third kappa shape index (κ3) is 5.48. The van der Waals surface area contributed by atoms with Crippen molar-refractivity contribution >= 4 is 16.8 Å². The predicted octanol–water partition coefficient (Wildman–Crippen LogP) is 6.15. The van der Waals surface area contributed by atoms with Crippen molar-refractivity contribution in [1.82, 2.24) is 14.5 Å². The zero-order chi connectivity index (χ0) is 27.4. The third-order valence-corrected chi connectivity index (χ3v) is 6.94. The van der Waals surface area contributed by atoms with Crippen LogP contribution in [-0.4, -0.2) is 27.0 Å². The van der Waals surface area contributed by atoms with Gasteiger partial charge < -0.3 is 14.1 Å². The van der Waals surface area contributed by atoms with Crippen LogP contribution in [0.4, 0.5) is 0 Å². The molecule has 5 aromatic rings. The molecule has 0 aliphatic carbocycles. The molecule has 0 aliphatic rings. The zero-order valence-corrected chi connectivity index (χ0v) is 22.3. The van der Waals surface area contributed by atoms with E-state index < -0.39 is 6.04 Å². The first-order chi connectivity index (χ1) is 19.0. The molecular formula is C32H31N3O4. The van der Waals surface area contributed by atoms with Gasteiger partial charge in [-0.3, -0.25) is 14.2 Å². The van der Waals surface area contributed by atoms with Gasteiger partial charge in [-0.2, -0.15) is 0 Å². The van der Waals surface area contributed by atoms with Gasteiger partial charge in [-0.15, -0.1) is 0 Å². The maximum absolute atomic E-state index is 14.0. The van der Waals surface area contributed by atoms with Gasteiger partial charge in [-0.25, -0.2) is 4.98 Å². The Hall–Kier alpha value is -4.65. The third-order valence-electron chi connectivity index (χ3n) is 6.94. The molecule has 39 heavy (non-hydrogen) atoms. The highest BCUT2D eigenvalue weighted by Gasteiger charge is 2.30. The summed E-state index contributed by atoms with van der Waals surface area (Å²) in [6, 6.07) is 25.5.